The Hall–Kier alpha value is -1.77. The molecule has 0 radical (unpaired) electrons. The molecule has 0 spiro atoms. The second-order valence-electron chi connectivity index (χ2n) is 4.20. The number of hydrogen-bond acceptors (Lipinski definition) is 2. The lowest BCUT2D eigenvalue weighted by molar-refractivity contribution is 0.218. The lowest BCUT2D eigenvalue weighted by Gasteiger charge is -2.08. The van der Waals surface area contributed by atoms with Crippen LogP contribution in [0.15, 0.2) is 30.3 Å². The van der Waals surface area contributed by atoms with E-state index >= 15 is 0 Å². The van der Waals surface area contributed by atoms with Crippen LogP contribution in [0.2, 0.25) is 0 Å². The van der Waals surface area contributed by atoms with Crippen molar-refractivity contribution in [1.82, 2.24) is 9.78 Å². The minimum absolute atomic E-state index is 0.463. The Bertz CT molecular complexity index is 485. The van der Waals surface area contributed by atoms with Gasteiger partial charge in [0.15, 0.2) is 6.73 Å². The topological polar surface area (TPSA) is 27.1 Å². The summed E-state index contributed by atoms with van der Waals surface area (Å²) in [6, 6.07) is 10.2. The molecule has 0 saturated carbocycles. The molecule has 0 bridgehead atoms. The van der Waals surface area contributed by atoms with E-state index in [9.17, 15) is 0 Å². The number of hydrogen-bond donors (Lipinski definition) is 0. The molecule has 17 heavy (non-hydrogen) atoms. The number of ether oxygens (including phenoxy) is 1. The maximum atomic E-state index is 5.69. The molecule has 0 aliphatic rings. The third-order valence-electron chi connectivity index (χ3n) is 2.79. The van der Waals surface area contributed by atoms with Crippen molar-refractivity contribution in [1.29, 1.82) is 0 Å². The standard InChI is InChI=1S/C14H18N2O/c1-4-13-5-7-14(8-6-13)17-10-16-12(3)9-11(2)15-16/h5-9H,4,10H2,1-3H3. The normalized spacial score (nSPS) is 10.5. The molecule has 3 heteroatoms. The summed E-state index contributed by atoms with van der Waals surface area (Å²) in [4.78, 5) is 0. The predicted molar refractivity (Wildman–Crippen MR) is 68.1 cm³/mol. The van der Waals surface area contributed by atoms with Crippen LogP contribution < -0.4 is 4.74 Å². The van der Waals surface area contributed by atoms with Gasteiger partial charge in [-0.3, -0.25) is 0 Å². The third kappa shape index (κ3) is 2.87. The van der Waals surface area contributed by atoms with Crippen molar-refractivity contribution >= 4 is 0 Å². The SMILES string of the molecule is CCc1ccc(OCn2nc(C)cc2C)cc1. The molecule has 0 atom stereocenters. The lowest BCUT2D eigenvalue weighted by atomic mass is 10.2. The summed E-state index contributed by atoms with van der Waals surface area (Å²) in [5, 5.41) is 4.35. The average molecular weight is 230 g/mol. The van der Waals surface area contributed by atoms with Crippen molar-refractivity contribution < 1.29 is 4.74 Å². The molecule has 0 aliphatic carbocycles. The van der Waals surface area contributed by atoms with Crippen LogP contribution in [-0.2, 0) is 13.2 Å². The Balaban J connectivity index is 1.99. The third-order valence-corrected chi connectivity index (χ3v) is 2.79. The van der Waals surface area contributed by atoms with Crippen molar-refractivity contribution in [2.45, 2.75) is 33.9 Å². The van der Waals surface area contributed by atoms with Crippen molar-refractivity contribution in [3.63, 3.8) is 0 Å². The Labute approximate surface area is 102 Å². The van der Waals surface area contributed by atoms with Gasteiger partial charge in [0.1, 0.15) is 5.75 Å². The lowest BCUT2D eigenvalue weighted by Crippen LogP contribution is -2.08. The summed E-state index contributed by atoms with van der Waals surface area (Å²) in [5.41, 5.74) is 3.46. The van der Waals surface area contributed by atoms with E-state index in [-0.39, 0.29) is 0 Å². The Morgan fingerprint density at radius 3 is 2.41 bits per heavy atom. The van der Waals surface area contributed by atoms with Crippen LogP contribution in [0.3, 0.4) is 0 Å². The van der Waals surface area contributed by atoms with Gasteiger partial charge in [0, 0.05) is 5.69 Å². The molecule has 1 heterocycles. The molecule has 0 amide bonds. The fraction of sp³-hybridized carbons (Fsp3) is 0.357. The highest BCUT2D eigenvalue weighted by Crippen LogP contribution is 2.13. The van der Waals surface area contributed by atoms with Crippen LogP contribution in [-0.4, -0.2) is 9.78 Å². The minimum atomic E-state index is 0.463. The van der Waals surface area contributed by atoms with Gasteiger partial charge in [0.2, 0.25) is 0 Å². The highest BCUT2D eigenvalue weighted by Gasteiger charge is 2.01. The van der Waals surface area contributed by atoms with E-state index in [2.05, 4.69) is 24.2 Å². The van der Waals surface area contributed by atoms with Crippen molar-refractivity contribution in [2.75, 3.05) is 0 Å². The molecule has 1 aromatic heterocycles. The molecule has 0 saturated heterocycles. The largest absolute Gasteiger partial charge is 0.471 e. The first-order valence-electron chi connectivity index (χ1n) is 5.92. The summed E-state index contributed by atoms with van der Waals surface area (Å²) in [5.74, 6) is 0.884. The second-order valence-corrected chi connectivity index (χ2v) is 4.20. The van der Waals surface area contributed by atoms with Crippen LogP contribution >= 0.6 is 0 Å². The second kappa shape index (κ2) is 5.04. The molecule has 0 fully saturated rings. The van der Waals surface area contributed by atoms with Crippen LogP contribution in [0.1, 0.15) is 23.9 Å². The van der Waals surface area contributed by atoms with E-state index in [0.717, 1.165) is 23.6 Å². The molecule has 0 N–H and O–H groups in total. The molecule has 0 unspecified atom stereocenters. The fourth-order valence-electron chi connectivity index (χ4n) is 1.76. The van der Waals surface area contributed by atoms with Gasteiger partial charge < -0.3 is 4.74 Å². The van der Waals surface area contributed by atoms with Gasteiger partial charge in [-0.2, -0.15) is 5.10 Å². The molecular weight excluding hydrogens is 212 g/mol. The van der Waals surface area contributed by atoms with Gasteiger partial charge in [-0.1, -0.05) is 19.1 Å². The molecule has 90 valence electrons. The fourth-order valence-corrected chi connectivity index (χ4v) is 1.76. The minimum Gasteiger partial charge on any atom is -0.471 e. The highest BCUT2D eigenvalue weighted by molar-refractivity contribution is 5.27. The first kappa shape index (κ1) is 11.7. The zero-order valence-corrected chi connectivity index (χ0v) is 10.6. The van der Waals surface area contributed by atoms with Gasteiger partial charge in [-0.25, -0.2) is 4.68 Å². The number of rotatable bonds is 4. The zero-order valence-electron chi connectivity index (χ0n) is 10.6. The Kier molecular flexibility index (Phi) is 3.47. The molecular formula is C14H18N2O. The summed E-state index contributed by atoms with van der Waals surface area (Å²) >= 11 is 0. The maximum absolute atomic E-state index is 5.69. The van der Waals surface area contributed by atoms with Crippen molar-refractivity contribution in [3.05, 3.63) is 47.3 Å². The molecule has 2 aromatic rings. The van der Waals surface area contributed by atoms with E-state index in [1.807, 2.05) is 36.7 Å². The van der Waals surface area contributed by atoms with Gasteiger partial charge in [-0.15, -0.1) is 0 Å². The average Bonchev–Trinajstić information content (AvgIpc) is 2.66. The van der Waals surface area contributed by atoms with Gasteiger partial charge in [-0.05, 0) is 44.0 Å². The maximum Gasteiger partial charge on any atom is 0.181 e. The summed E-state index contributed by atoms with van der Waals surface area (Å²) in [6.07, 6.45) is 1.05. The summed E-state index contributed by atoms with van der Waals surface area (Å²) < 4.78 is 7.55. The number of aromatic nitrogens is 2. The molecule has 2 rings (SSSR count). The van der Waals surface area contributed by atoms with E-state index in [1.165, 1.54) is 5.56 Å². The molecule has 3 nitrogen and oxygen atoms in total. The van der Waals surface area contributed by atoms with Crippen LogP contribution in [0.5, 0.6) is 5.75 Å². The Morgan fingerprint density at radius 1 is 1.18 bits per heavy atom. The van der Waals surface area contributed by atoms with Crippen molar-refractivity contribution in [3.8, 4) is 5.75 Å². The van der Waals surface area contributed by atoms with E-state index in [1.54, 1.807) is 0 Å². The smallest absolute Gasteiger partial charge is 0.181 e. The van der Waals surface area contributed by atoms with E-state index in [4.69, 9.17) is 4.74 Å². The zero-order chi connectivity index (χ0) is 12.3. The molecule has 1 aromatic carbocycles. The number of aryl methyl sites for hydroxylation is 3. The van der Waals surface area contributed by atoms with Crippen LogP contribution in [0.25, 0.3) is 0 Å². The van der Waals surface area contributed by atoms with Gasteiger partial charge in [0.25, 0.3) is 0 Å². The molecule has 0 aliphatic heterocycles. The van der Waals surface area contributed by atoms with E-state index in [0.29, 0.717) is 6.73 Å². The number of nitrogens with zero attached hydrogens (tertiary/aromatic N) is 2. The van der Waals surface area contributed by atoms with E-state index < -0.39 is 0 Å². The van der Waals surface area contributed by atoms with Crippen LogP contribution in [0, 0.1) is 13.8 Å². The summed E-state index contributed by atoms with van der Waals surface area (Å²) in [7, 11) is 0. The monoisotopic (exact) mass is 230 g/mol. The van der Waals surface area contributed by atoms with Gasteiger partial charge in [0.05, 0.1) is 5.69 Å². The summed E-state index contributed by atoms with van der Waals surface area (Å²) in [6.45, 7) is 6.62. The Morgan fingerprint density at radius 2 is 1.88 bits per heavy atom. The van der Waals surface area contributed by atoms with Crippen LogP contribution in [0.4, 0.5) is 0 Å². The first-order chi connectivity index (χ1) is 8.19. The van der Waals surface area contributed by atoms with Gasteiger partial charge >= 0.3 is 0 Å². The van der Waals surface area contributed by atoms with Crippen molar-refractivity contribution in [2.24, 2.45) is 0 Å². The first-order valence-corrected chi connectivity index (χ1v) is 5.92. The predicted octanol–water partition coefficient (Wildman–Crippen LogP) is 3.10. The highest BCUT2D eigenvalue weighted by atomic mass is 16.5. The number of benzene rings is 1. The quantitative estimate of drug-likeness (QED) is 0.807.